The van der Waals surface area contributed by atoms with Crippen molar-refractivity contribution in [2.75, 3.05) is 25.6 Å². The Morgan fingerprint density at radius 3 is 2.54 bits per heavy atom. The standard InChI is InChI=1S/C17H22N2O5S2/c1-24-17(21)19-15-2-4-16(5-3-15)26(22,23)18-9-6-13(7-10-20)14-8-11-25-12-14/h2-5,8,11-13,18,20H,6-7,9-10H2,1H3,(H,19,21)/t13-/m0/s1. The second kappa shape index (κ2) is 9.67. The molecule has 1 atom stereocenters. The maximum absolute atomic E-state index is 12.4. The van der Waals surface area contributed by atoms with Gasteiger partial charge in [-0.15, -0.1) is 0 Å². The molecule has 2 aromatic rings. The van der Waals surface area contributed by atoms with Crippen molar-refractivity contribution in [3.05, 3.63) is 46.7 Å². The molecular formula is C17H22N2O5S2. The summed E-state index contributed by atoms with van der Waals surface area (Å²) in [5, 5.41) is 15.6. The first-order valence-corrected chi connectivity index (χ1v) is 10.5. The summed E-state index contributed by atoms with van der Waals surface area (Å²) in [6.07, 6.45) is 0.562. The Bertz CT molecular complexity index is 789. The van der Waals surface area contributed by atoms with E-state index < -0.39 is 16.1 Å². The van der Waals surface area contributed by atoms with Gasteiger partial charge in [-0.2, -0.15) is 11.3 Å². The third-order valence-corrected chi connectivity index (χ3v) is 6.05. The number of methoxy groups -OCH3 is 1. The fourth-order valence-electron chi connectivity index (χ4n) is 2.48. The highest BCUT2D eigenvalue weighted by Crippen LogP contribution is 2.25. The van der Waals surface area contributed by atoms with Gasteiger partial charge in [-0.3, -0.25) is 5.32 Å². The van der Waals surface area contributed by atoms with Gasteiger partial charge in [0, 0.05) is 18.8 Å². The van der Waals surface area contributed by atoms with Crippen molar-refractivity contribution in [2.24, 2.45) is 0 Å². The molecule has 0 bridgehead atoms. The van der Waals surface area contributed by atoms with Crippen LogP contribution in [0.5, 0.6) is 0 Å². The van der Waals surface area contributed by atoms with Gasteiger partial charge in [0.2, 0.25) is 10.0 Å². The Kier molecular flexibility index (Phi) is 7.58. The molecule has 0 aliphatic heterocycles. The average Bonchev–Trinajstić information content (AvgIpc) is 3.16. The lowest BCUT2D eigenvalue weighted by Gasteiger charge is -2.15. The van der Waals surface area contributed by atoms with Crippen molar-refractivity contribution in [1.82, 2.24) is 4.72 Å². The zero-order valence-corrected chi connectivity index (χ0v) is 16.0. The minimum Gasteiger partial charge on any atom is -0.453 e. The number of carbonyl (C=O) groups excluding carboxylic acids is 1. The van der Waals surface area contributed by atoms with Crippen LogP contribution >= 0.6 is 11.3 Å². The van der Waals surface area contributed by atoms with Crippen LogP contribution in [0.1, 0.15) is 24.3 Å². The predicted molar refractivity (Wildman–Crippen MR) is 101 cm³/mol. The Balaban J connectivity index is 1.94. The first-order valence-electron chi connectivity index (χ1n) is 8.04. The maximum Gasteiger partial charge on any atom is 0.411 e. The van der Waals surface area contributed by atoms with Gasteiger partial charge >= 0.3 is 6.09 Å². The van der Waals surface area contributed by atoms with E-state index in [1.165, 1.54) is 31.4 Å². The SMILES string of the molecule is COC(=O)Nc1ccc(S(=O)(=O)NCC[C@@H](CCO)c2ccsc2)cc1. The minimum absolute atomic E-state index is 0.0575. The third-order valence-electron chi connectivity index (χ3n) is 3.87. The fraction of sp³-hybridized carbons (Fsp3) is 0.353. The van der Waals surface area contributed by atoms with E-state index >= 15 is 0 Å². The summed E-state index contributed by atoms with van der Waals surface area (Å²) in [5.41, 5.74) is 1.55. The molecule has 0 fully saturated rings. The molecule has 3 N–H and O–H groups in total. The van der Waals surface area contributed by atoms with E-state index in [2.05, 4.69) is 14.8 Å². The number of hydrogen-bond donors (Lipinski definition) is 3. The van der Waals surface area contributed by atoms with Crippen molar-refractivity contribution in [3.8, 4) is 0 Å². The lowest BCUT2D eigenvalue weighted by molar-refractivity contribution is 0.187. The molecule has 2 rings (SSSR count). The molecular weight excluding hydrogens is 376 g/mol. The molecule has 0 aliphatic carbocycles. The molecule has 26 heavy (non-hydrogen) atoms. The summed E-state index contributed by atoms with van der Waals surface area (Å²) in [7, 11) is -2.40. The van der Waals surface area contributed by atoms with Crippen LogP contribution in [0, 0.1) is 0 Å². The lowest BCUT2D eigenvalue weighted by atomic mass is 9.95. The maximum atomic E-state index is 12.4. The summed E-state index contributed by atoms with van der Waals surface area (Å²) >= 11 is 1.58. The van der Waals surface area contributed by atoms with Crippen molar-refractivity contribution in [2.45, 2.75) is 23.7 Å². The van der Waals surface area contributed by atoms with Crippen LogP contribution in [0.25, 0.3) is 0 Å². The van der Waals surface area contributed by atoms with Gasteiger partial charge in [0.05, 0.1) is 12.0 Å². The normalized spacial score (nSPS) is 12.5. The highest BCUT2D eigenvalue weighted by Gasteiger charge is 2.16. The van der Waals surface area contributed by atoms with E-state index in [1.54, 1.807) is 11.3 Å². The molecule has 0 unspecified atom stereocenters. The van der Waals surface area contributed by atoms with Gasteiger partial charge in [0.1, 0.15) is 0 Å². The Morgan fingerprint density at radius 2 is 1.96 bits per heavy atom. The van der Waals surface area contributed by atoms with Gasteiger partial charge in [-0.1, -0.05) is 0 Å². The number of rotatable bonds is 9. The number of amides is 1. The fourth-order valence-corrected chi connectivity index (χ4v) is 4.27. The first kappa shape index (κ1) is 20.4. The van der Waals surface area contributed by atoms with Crippen molar-refractivity contribution in [1.29, 1.82) is 0 Å². The van der Waals surface area contributed by atoms with E-state index in [4.69, 9.17) is 0 Å². The Labute approximate surface area is 157 Å². The van der Waals surface area contributed by atoms with Gasteiger partial charge < -0.3 is 9.84 Å². The Morgan fingerprint density at radius 1 is 1.23 bits per heavy atom. The molecule has 0 spiro atoms. The average molecular weight is 399 g/mol. The van der Waals surface area contributed by atoms with E-state index in [0.717, 1.165) is 5.56 Å². The zero-order chi connectivity index (χ0) is 19.0. The summed E-state index contributed by atoms with van der Waals surface area (Å²) in [4.78, 5) is 11.3. The number of thiophene rings is 1. The summed E-state index contributed by atoms with van der Waals surface area (Å²) in [5.74, 6) is 0.112. The number of hydrogen-bond acceptors (Lipinski definition) is 6. The monoisotopic (exact) mass is 398 g/mol. The molecule has 142 valence electrons. The Hall–Kier alpha value is -1.94. The van der Waals surface area contributed by atoms with Gasteiger partial charge in [-0.25, -0.2) is 17.9 Å². The number of nitrogens with one attached hydrogen (secondary N) is 2. The van der Waals surface area contributed by atoms with E-state index in [1.807, 2.05) is 16.8 Å². The van der Waals surface area contributed by atoms with Crippen molar-refractivity contribution >= 4 is 33.1 Å². The van der Waals surface area contributed by atoms with Crippen LogP contribution in [-0.2, 0) is 14.8 Å². The van der Waals surface area contributed by atoms with Crippen LogP contribution in [0.3, 0.4) is 0 Å². The number of ether oxygens (including phenoxy) is 1. The zero-order valence-electron chi connectivity index (χ0n) is 14.3. The second-order valence-corrected chi connectivity index (χ2v) is 8.14. The van der Waals surface area contributed by atoms with Crippen LogP contribution in [0.4, 0.5) is 10.5 Å². The smallest absolute Gasteiger partial charge is 0.411 e. The largest absolute Gasteiger partial charge is 0.453 e. The molecule has 0 aliphatic rings. The number of sulfonamides is 1. The molecule has 1 heterocycles. The van der Waals surface area contributed by atoms with Crippen LogP contribution < -0.4 is 10.0 Å². The molecule has 0 radical (unpaired) electrons. The van der Waals surface area contributed by atoms with E-state index in [9.17, 15) is 18.3 Å². The topological polar surface area (TPSA) is 105 Å². The highest BCUT2D eigenvalue weighted by atomic mass is 32.2. The molecule has 0 saturated heterocycles. The molecule has 9 heteroatoms. The number of benzene rings is 1. The second-order valence-electron chi connectivity index (χ2n) is 5.59. The van der Waals surface area contributed by atoms with Gasteiger partial charge in [0.15, 0.2) is 0 Å². The van der Waals surface area contributed by atoms with Gasteiger partial charge in [-0.05, 0) is 65.4 Å². The third kappa shape index (κ3) is 5.80. The number of anilines is 1. The quantitative estimate of drug-likeness (QED) is 0.602. The predicted octanol–water partition coefficient (Wildman–Crippen LogP) is 2.76. The minimum atomic E-state index is -3.64. The van der Waals surface area contributed by atoms with Crippen LogP contribution in [0.2, 0.25) is 0 Å². The van der Waals surface area contributed by atoms with Crippen LogP contribution in [0.15, 0.2) is 46.0 Å². The number of aliphatic hydroxyl groups excluding tert-OH is 1. The molecule has 1 aromatic carbocycles. The highest BCUT2D eigenvalue weighted by molar-refractivity contribution is 7.89. The molecule has 1 amide bonds. The molecule has 0 saturated carbocycles. The number of carbonyl (C=O) groups is 1. The van der Waals surface area contributed by atoms with Crippen molar-refractivity contribution in [3.63, 3.8) is 0 Å². The van der Waals surface area contributed by atoms with Crippen molar-refractivity contribution < 1.29 is 23.1 Å². The molecule has 1 aromatic heterocycles. The van der Waals surface area contributed by atoms with E-state index in [0.29, 0.717) is 18.5 Å². The van der Waals surface area contributed by atoms with E-state index in [-0.39, 0.29) is 24.0 Å². The van der Waals surface area contributed by atoms with Crippen LogP contribution in [-0.4, -0.2) is 39.9 Å². The summed E-state index contributed by atoms with van der Waals surface area (Å²) < 4.78 is 31.8. The first-order chi connectivity index (χ1) is 12.5. The summed E-state index contributed by atoms with van der Waals surface area (Å²) in [6.45, 7) is 0.326. The molecule has 7 nitrogen and oxygen atoms in total. The lowest BCUT2D eigenvalue weighted by Crippen LogP contribution is -2.26. The number of aliphatic hydroxyl groups is 1. The van der Waals surface area contributed by atoms with Gasteiger partial charge in [0.25, 0.3) is 0 Å². The summed E-state index contributed by atoms with van der Waals surface area (Å²) in [6, 6.07) is 7.80.